The van der Waals surface area contributed by atoms with Gasteiger partial charge in [0.1, 0.15) is 12.0 Å². The van der Waals surface area contributed by atoms with E-state index < -0.39 is 18.0 Å². The third kappa shape index (κ3) is 3.22. The van der Waals surface area contributed by atoms with Gasteiger partial charge in [0.15, 0.2) is 0 Å². The number of hydrogen-bond acceptors (Lipinski definition) is 5. The van der Waals surface area contributed by atoms with Crippen molar-refractivity contribution in [3.63, 3.8) is 0 Å². The Morgan fingerprint density at radius 3 is 2.96 bits per heavy atom. The molecule has 0 amide bonds. The summed E-state index contributed by atoms with van der Waals surface area (Å²) in [5.74, 6) is -0.457. The molecule has 0 bridgehead atoms. The van der Waals surface area contributed by atoms with Crippen LogP contribution in [0.3, 0.4) is 0 Å². The summed E-state index contributed by atoms with van der Waals surface area (Å²) in [5.41, 5.74) is 1.33. The molecule has 2 aromatic rings. The fourth-order valence-electron chi connectivity index (χ4n) is 2.57. The number of aliphatic hydroxyl groups excluding tert-OH is 1. The summed E-state index contributed by atoms with van der Waals surface area (Å²) in [7, 11) is 1.31. The van der Waals surface area contributed by atoms with Crippen LogP contribution in [-0.2, 0) is 11.3 Å². The number of esters is 1. The van der Waals surface area contributed by atoms with Crippen molar-refractivity contribution in [2.75, 3.05) is 17.8 Å². The summed E-state index contributed by atoms with van der Waals surface area (Å²) in [4.78, 5) is 14.3. The van der Waals surface area contributed by atoms with Gasteiger partial charge in [-0.3, -0.25) is 0 Å². The number of thioether (sulfide) groups is 1. The molecule has 0 fully saturated rings. The van der Waals surface area contributed by atoms with Gasteiger partial charge in [0.25, 0.3) is 0 Å². The molecule has 0 saturated heterocycles. The van der Waals surface area contributed by atoms with Crippen molar-refractivity contribution in [2.24, 2.45) is 0 Å². The summed E-state index contributed by atoms with van der Waals surface area (Å²) in [5, 5.41) is 10.7. The van der Waals surface area contributed by atoms with Crippen molar-refractivity contribution in [2.45, 2.75) is 17.7 Å². The van der Waals surface area contributed by atoms with Crippen molar-refractivity contribution in [3.05, 3.63) is 58.4 Å². The Kier molecular flexibility index (Phi) is 4.99. The van der Waals surface area contributed by atoms with E-state index in [1.165, 1.54) is 31.0 Å². The zero-order valence-electron chi connectivity index (χ0n) is 12.8. The molecule has 2 aromatic carbocycles. The summed E-state index contributed by atoms with van der Waals surface area (Å²) >= 11 is 7.58. The monoisotopic (exact) mass is 367 g/mol. The summed E-state index contributed by atoms with van der Waals surface area (Å²) in [6.07, 6.45) is -0.814. The van der Waals surface area contributed by atoms with Crippen LogP contribution in [0, 0.1) is 5.82 Å². The molecule has 1 aliphatic heterocycles. The number of nitrogens with zero attached hydrogens (tertiary/aromatic N) is 1. The van der Waals surface area contributed by atoms with E-state index in [4.69, 9.17) is 16.3 Å². The van der Waals surface area contributed by atoms with Gasteiger partial charge in [-0.25, -0.2) is 9.18 Å². The molecular formula is C17H15ClFNO3S. The molecule has 0 saturated carbocycles. The van der Waals surface area contributed by atoms with E-state index in [1.807, 2.05) is 0 Å². The number of rotatable bonds is 3. The zero-order valence-corrected chi connectivity index (χ0v) is 14.4. The lowest BCUT2D eigenvalue weighted by Crippen LogP contribution is -2.39. The molecule has 126 valence electrons. The maximum absolute atomic E-state index is 14.1. The number of fused-ring (bicyclic) bond motifs is 1. The van der Waals surface area contributed by atoms with E-state index in [1.54, 1.807) is 29.2 Å². The van der Waals surface area contributed by atoms with Crippen LogP contribution in [0.2, 0.25) is 5.02 Å². The van der Waals surface area contributed by atoms with E-state index in [9.17, 15) is 14.3 Å². The molecule has 1 heterocycles. The van der Waals surface area contributed by atoms with Gasteiger partial charge in [-0.05, 0) is 30.3 Å². The average Bonchev–Trinajstić information content (AvgIpc) is 2.58. The Hall–Kier alpha value is -1.76. The minimum atomic E-state index is -0.814. The first kappa shape index (κ1) is 17.1. The number of ether oxygens (including phenoxy) is 1. The Labute approximate surface area is 148 Å². The van der Waals surface area contributed by atoms with Gasteiger partial charge in [0, 0.05) is 27.8 Å². The van der Waals surface area contributed by atoms with Gasteiger partial charge in [0.05, 0.1) is 18.4 Å². The van der Waals surface area contributed by atoms with E-state index in [-0.39, 0.29) is 6.54 Å². The first-order valence-electron chi connectivity index (χ1n) is 7.24. The van der Waals surface area contributed by atoms with Crippen molar-refractivity contribution in [1.29, 1.82) is 0 Å². The number of methoxy groups -OCH3 is 1. The fourth-order valence-corrected chi connectivity index (χ4v) is 3.79. The number of hydrogen-bond donors (Lipinski definition) is 1. The Bertz CT molecular complexity index is 766. The molecule has 0 aliphatic carbocycles. The molecular weight excluding hydrogens is 353 g/mol. The number of aliphatic hydroxyl groups is 1. The van der Waals surface area contributed by atoms with Crippen LogP contribution in [0.25, 0.3) is 0 Å². The predicted octanol–water partition coefficient (Wildman–Crippen LogP) is 3.70. The maximum atomic E-state index is 14.1. The van der Waals surface area contributed by atoms with Gasteiger partial charge in [-0.15, -0.1) is 11.8 Å². The second-order valence-electron chi connectivity index (χ2n) is 5.29. The van der Waals surface area contributed by atoms with Gasteiger partial charge < -0.3 is 14.7 Å². The molecule has 24 heavy (non-hydrogen) atoms. The number of benzene rings is 2. The Balaban J connectivity index is 2.01. The van der Waals surface area contributed by atoms with E-state index in [2.05, 4.69) is 0 Å². The lowest BCUT2D eigenvalue weighted by Gasteiger charge is -2.35. The van der Waals surface area contributed by atoms with E-state index >= 15 is 0 Å². The lowest BCUT2D eigenvalue weighted by atomic mass is 10.1. The molecule has 7 heteroatoms. The molecule has 1 atom stereocenters. The van der Waals surface area contributed by atoms with Crippen LogP contribution in [0.4, 0.5) is 10.1 Å². The van der Waals surface area contributed by atoms with Crippen LogP contribution in [0.1, 0.15) is 15.9 Å². The third-order valence-electron chi connectivity index (χ3n) is 3.83. The van der Waals surface area contributed by atoms with Crippen molar-refractivity contribution >= 4 is 35.0 Å². The Morgan fingerprint density at radius 2 is 2.25 bits per heavy atom. The second kappa shape index (κ2) is 7.01. The second-order valence-corrected chi connectivity index (χ2v) is 6.76. The minimum absolute atomic E-state index is 0.102. The Morgan fingerprint density at radius 1 is 1.46 bits per heavy atom. The molecule has 0 spiro atoms. The van der Waals surface area contributed by atoms with Crippen molar-refractivity contribution in [3.8, 4) is 0 Å². The SMILES string of the molecule is COC(=O)c1ccc2c(c1)N(Cc1c(F)cccc1Cl)C(O)CS2. The number of carbonyl (C=O) groups excluding carboxylic acids is 1. The van der Waals surface area contributed by atoms with Crippen LogP contribution in [0.5, 0.6) is 0 Å². The minimum Gasteiger partial charge on any atom is -0.465 e. The standard InChI is InChI=1S/C17H15ClFNO3S/c1-23-17(22)10-5-6-15-14(7-10)20(16(21)9-24-15)8-11-12(18)3-2-4-13(11)19/h2-7,16,21H,8-9H2,1H3. The van der Waals surface area contributed by atoms with Crippen molar-refractivity contribution < 1.29 is 19.0 Å². The highest BCUT2D eigenvalue weighted by atomic mass is 35.5. The first-order valence-corrected chi connectivity index (χ1v) is 8.60. The highest BCUT2D eigenvalue weighted by Gasteiger charge is 2.27. The molecule has 3 rings (SSSR count). The molecule has 1 N–H and O–H groups in total. The fraction of sp³-hybridized carbons (Fsp3) is 0.235. The maximum Gasteiger partial charge on any atom is 0.337 e. The molecule has 0 radical (unpaired) electrons. The quantitative estimate of drug-likeness (QED) is 0.838. The van der Waals surface area contributed by atoms with E-state index in [0.717, 1.165) is 4.90 Å². The highest BCUT2D eigenvalue weighted by molar-refractivity contribution is 7.99. The number of anilines is 1. The normalized spacial score (nSPS) is 16.7. The van der Waals surface area contributed by atoms with Gasteiger partial charge in [0.2, 0.25) is 0 Å². The predicted molar refractivity (Wildman–Crippen MR) is 92.1 cm³/mol. The largest absolute Gasteiger partial charge is 0.465 e. The number of halogens is 2. The topological polar surface area (TPSA) is 49.8 Å². The number of carbonyl (C=O) groups is 1. The molecule has 4 nitrogen and oxygen atoms in total. The van der Waals surface area contributed by atoms with Crippen LogP contribution in [-0.4, -0.2) is 30.2 Å². The smallest absolute Gasteiger partial charge is 0.337 e. The zero-order chi connectivity index (χ0) is 17.3. The van der Waals surface area contributed by atoms with Crippen LogP contribution < -0.4 is 4.90 Å². The van der Waals surface area contributed by atoms with Gasteiger partial charge in [-0.2, -0.15) is 0 Å². The van der Waals surface area contributed by atoms with E-state index in [0.29, 0.717) is 27.6 Å². The molecule has 1 aliphatic rings. The van der Waals surface area contributed by atoms with Crippen LogP contribution in [0.15, 0.2) is 41.3 Å². The lowest BCUT2D eigenvalue weighted by molar-refractivity contribution is 0.0600. The average molecular weight is 368 g/mol. The van der Waals surface area contributed by atoms with Crippen molar-refractivity contribution in [1.82, 2.24) is 0 Å². The third-order valence-corrected chi connectivity index (χ3v) is 5.30. The highest BCUT2D eigenvalue weighted by Crippen LogP contribution is 2.39. The van der Waals surface area contributed by atoms with Gasteiger partial charge in [-0.1, -0.05) is 17.7 Å². The molecule has 0 aromatic heterocycles. The molecule has 1 unspecified atom stereocenters. The summed E-state index contributed by atoms with van der Waals surface area (Å²) < 4.78 is 18.8. The summed E-state index contributed by atoms with van der Waals surface area (Å²) in [6.45, 7) is 0.102. The first-order chi connectivity index (χ1) is 11.5. The van der Waals surface area contributed by atoms with Gasteiger partial charge >= 0.3 is 5.97 Å². The summed E-state index contributed by atoms with van der Waals surface area (Å²) in [6, 6.07) is 9.59. The van der Waals surface area contributed by atoms with Crippen LogP contribution >= 0.6 is 23.4 Å².